The fourth-order valence-corrected chi connectivity index (χ4v) is 2.18. The summed E-state index contributed by atoms with van der Waals surface area (Å²) in [6, 6.07) is 7.93. The Labute approximate surface area is 115 Å². The van der Waals surface area contributed by atoms with Crippen molar-refractivity contribution < 1.29 is 14.7 Å². The van der Waals surface area contributed by atoms with Gasteiger partial charge in [-0.25, -0.2) is 5.06 Å². The largest absolute Gasteiger partial charge is 0.389 e. The van der Waals surface area contributed by atoms with Crippen LogP contribution in [0, 0.1) is 0 Å². The number of hydrogen-bond acceptors (Lipinski definition) is 3. The van der Waals surface area contributed by atoms with Crippen LogP contribution in [-0.4, -0.2) is 35.3 Å². The van der Waals surface area contributed by atoms with Gasteiger partial charge < -0.3 is 5.11 Å². The van der Waals surface area contributed by atoms with Gasteiger partial charge in [0, 0.05) is 10.9 Å². The van der Waals surface area contributed by atoms with Crippen LogP contribution in [0.3, 0.4) is 0 Å². The summed E-state index contributed by atoms with van der Waals surface area (Å²) in [5, 5.41) is 10.6. The Balaban J connectivity index is 1.92. The van der Waals surface area contributed by atoms with Crippen molar-refractivity contribution in [1.82, 2.24) is 5.06 Å². The SMILES string of the molecule is CC(CC(=O)N1CC(O)CO1)c1ccc(Br)cc1. The molecule has 1 heterocycles. The Morgan fingerprint density at radius 2 is 2.22 bits per heavy atom. The van der Waals surface area contributed by atoms with Crippen LogP contribution < -0.4 is 0 Å². The Morgan fingerprint density at radius 1 is 1.56 bits per heavy atom. The second-order valence-electron chi connectivity index (χ2n) is 4.56. The Morgan fingerprint density at radius 3 is 2.78 bits per heavy atom. The number of rotatable bonds is 3. The summed E-state index contributed by atoms with van der Waals surface area (Å²) in [6.45, 7) is 2.48. The summed E-state index contributed by atoms with van der Waals surface area (Å²) in [5.41, 5.74) is 1.12. The first-order chi connectivity index (χ1) is 8.56. The van der Waals surface area contributed by atoms with Gasteiger partial charge in [-0.15, -0.1) is 0 Å². The maximum Gasteiger partial charge on any atom is 0.246 e. The highest BCUT2D eigenvalue weighted by atomic mass is 79.9. The molecule has 1 aliphatic heterocycles. The minimum absolute atomic E-state index is 0.0815. The van der Waals surface area contributed by atoms with Crippen molar-refractivity contribution in [2.45, 2.75) is 25.4 Å². The van der Waals surface area contributed by atoms with Crippen molar-refractivity contribution in [2.24, 2.45) is 0 Å². The first kappa shape index (κ1) is 13.5. The predicted molar refractivity (Wildman–Crippen MR) is 70.8 cm³/mol. The van der Waals surface area contributed by atoms with Crippen LogP contribution in [0.5, 0.6) is 0 Å². The molecule has 18 heavy (non-hydrogen) atoms. The molecule has 0 saturated carbocycles. The third kappa shape index (κ3) is 3.31. The van der Waals surface area contributed by atoms with E-state index < -0.39 is 6.10 Å². The van der Waals surface area contributed by atoms with Crippen molar-refractivity contribution in [3.63, 3.8) is 0 Å². The van der Waals surface area contributed by atoms with Gasteiger partial charge in [-0.2, -0.15) is 0 Å². The number of benzene rings is 1. The van der Waals surface area contributed by atoms with E-state index in [1.165, 1.54) is 5.06 Å². The molecule has 0 radical (unpaired) electrons. The Hall–Kier alpha value is -0.910. The van der Waals surface area contributed by atoms with Crippen LogP contribution in [-0.2, 0) is 9.63 Å². The molecule has 1 saturated heterocycles. The topological polar surface area (TPSA) is 49.8 Å². The molecule has 1 fully saturated rings. The maximum absolute atomic E-state index is 11.9. The Bertz CT molecular complexity index is 421. The molecule has 5 heteroatoms. The molecule has 1 aliphatic rings. The van der Waals surface area contributed by atoms with Crippen LogP contribution in [0.2, 0.25) is 0 Å². The average molecular weight is 314 g/mol. The van der Waals surface area contributed by atoms with E-state index in [-0.39, 0.29) is 25.0 Å². The minimum atomic E-state index is -0.558. The van der Waals surface area contributed by atoms with E-state index in [9.17, 15) is 9.90 Å². The first-order valence-electron chi connectivity index (χ1n) is 5.93. The van der Waals surface area contributed by atoms with Crippen LogP contribution in [0.4, 0.5) is 0 Å². The molecular formula is C13H16BrNO3. The van der Waals surface area contributed by atoms with Gasteiger partial charge in [0.15, 0.2) is 0 Å². The van der Waals surface area contributed by atoms with E-state index in [1.54, 1.807) is 0 Å². The number of carbonyl (C=O) groups is 1. The highest BCUT2D eigenvalue weighted by molar-refractivity contribution is 9.10. The molecule has 1 aromatic rings. The van der Waals surface area contributed by atoms with E-state index in [0.29, 0.717) is 6.42 Å². The lowest BCUT2D eigenvalue weighted by atomic mass is 9.97. The van der Waals surface area contributed by atoms with Crippen LogP contribution in [0.1, 0.15) is 24.8 Å². The monoisotopic (exact) mass is 313 g/mol. The number of aliphatic hydroxyl groups excluding tert-OH is 1. The number of hydrogen-bond donors (Lipinski definition) is 1. The van der Waals surface area contributed by atoms with Crippen LogP contribution in [0.15, 0.2) is 28.7 Å². The van der Waals surface area contributed by atoms with E-state index >= 15 is 0 Å². The van der Waals surface area contributed by atoms with Crippen LogP contribution >= 0.6 is 15.9 Å². The Kier molecular flexibility index (Phi) is 4.37. The summed E-state index contributed by atoms with van der Waals surface area (Å²) in [6.07, 6.45) is -0.175. The number of nitrogens with zero attached hydrogens (tertiary/aromatic N) is 1. The molecule has 2 rings (SSSR count). The van der Waals surface area contributed by atoms with Crippen molar-refractivity contribution in [2.75, 3.05) is 13.2 Å². The lowest BCUT2D eigenvalue weighted by Gasteiger charge is -2.17. The van der Waals surface area contributed by atoms with Gasteiger partial charge in [-0.1, -0.05) is 35.0 Å². The third-order valence-electron chi connectivity index (χ3n) is 3.00. The summed E-state index contributed by atoms with van der Waals surface area (Å²) >= 11 is 3.38. The number of hydroxylamine groups is 2. The second kappa shape index (κ2) is 5.82. The number of β-amino-alcohol motifs (C(OH)–C–C–N with tert-alkyl or cyclic N) is 1. The van der Waals surface area contributed by atoms with Gasteiger partial charge in [-0.3, -0.25) is 9.63 Å². The molecule has 4 nitrogen and oxygen atoms in total. The van der Waals surface area contributed by atoms with Gasteiger partial charge >= 0.3 is 0 Å². The smallest absolute Gasteiger partial charge is 0.246 e. The molecule has 1 amide bonds. The third-order valence-corrected chi connectivity index (χ3v) is 3.53. The van der Waals surface area contributed by atoms with E-state index in [4.69, 9.17) is 4.84 Å². The summed E-state index contributed by atoms with van der Waals surface area (Å²) in [5.74, 6) is 0.0499. The fraction of sp³-hybridized carbons (Fsp3) is 0.462. The van der Waals surface area contributed by atoms with E-state index in [0.717, 1.165) is 10.0 Å². The molecule has 0 aliphatic carbocycles. The lowest BCUT2D eigenvalue weighted by Crippen LogP contribution is -2.29. The molecule has 1 N–H and O–H groups in total. The molecule has 2 unspecified atom stereocenters. The maximum atomic E-state index is 11.9. The number of amides is 1. The lowest BCUT2D eigenvalue weighted by molar-refractivity contribution is -0.169. The number of carbonyl (C=O) groups excluding carboxylic acids is 1. The number of halogens is 1. The van der Waals surface area contributed by atoms with Crippen molar-refractivity contribution in [3.05, 3.63) is 34.3 Å². The molecule has 2 atom stereocenters. The average Bonchev–Trinajstić information content (AvgIpc) is 2.76. The normalized spacial score (nSPS) is 21.1. The minimum Gasteiger partial charge on any atom is -0.389 e. The fourth-order valence-electron chi connectivity index (χ4n) is 1.92. The van der Waals surface area contributed by atoms with Gasteiger partial charge in [0.05, 0.1) is 12.6 Å². The van der Waals surface area contributed by atoms with Crippen molar-refractivity contribution in [1.29, 1.82) is 0 Å². The molecular weight excluding hydrogens is 298 g/mol. The molecule has 0 aromatic heterocycles. The van der Waals surface area contributed by atoms with E-state index in [1.807, 2.05) is 31.2 Å². The van der Waals surface area contributed by atoms with Crippen LogP contribution in [0.25, 0.3) is 0 Å². The van der Waals surface area contributed by atoms with Gasteiger partial charge in [0.25, 0.3) is 0 Å². The van der Waals surface area contributed by atoms with Gasteiger partial charge in [0.2, 0.25) is 5.91 Å². The van der Waals surface area contributed by atoms with Gasteiger partial charge in [0.1, 0.15) is 6.61 Å². The van der Waals surface area contributed by atoms with Crippen molar-refractivity contribution >= 4 is 21.8 Å². The zero-order chi connectivity index (χ0) is 13.1. The van der Waals surface area contributed by atoms with Gasteiger partial charge in [-0.05, 0) is 23.6 Å². The van der Waals surface area contributed by atoms with Crippen molar-refractivity contribution in [3.8, 4) is 0 Å². The number of aliphatic hydroxyl groups is 1. The first-order valence-corrected chi connectivity index (χ1v) is 6.72. The van der Waals surface area contributed by atoms with E-state index in [2.05, 4.69) is 15.9 Å². The summed E-state index contributed by atoms with van der Waals surface area (Å²) < 4.78 is 1.02. The standard InChI is InChI=1S/C13H16BrNO3/c1-9(10-2-4-11(14)5-3-10)6-13(17)15-7-12(16)8-18-15/h2-5,9,12,16H,6-8H2,1H3. The zero-order valence-corrected chi connectivity index (χ0v) is 11.8. The highest BCUT2D eigenvalue weighted by Crippen LogP contribution is 2.22. The molecule has 0 spiro atoms. The predicted octanol–water partition coefficient (Wildman–Crippen LogP) is 2.08. The second-order valence-corrected chi connectivity index (χ2v) is 5.48. The highest BCUT2D eigenvalue weighted by Gasteiger charge is 2.27. The molecule has 0 bridgehead atoms. The summed E-state index contributed by atoms with van der Waals surface area (Å²) in [4.78, 5) is 17.0. The zero-order valence-electron chi connectivity index (χ0n) is 10.2. The molecule has 98 valence electrons. The molecule has 1 aromatic carbocycles. The quantitative estimate of drug-likeness (QED) is 0.929. The summed E-state index contributed by atoms with van der Waals surface area (Å²) in [7, 11) is 0.